The molecule has 18 N–H and O–H groups in total. The number of amides is 11. The molecule has 11 amide bonds. The fourth-order valence-corrected chi connectivity index (χ4v) is 9.48. The zero-order valence-corrected chi connectivity index (χ0v) is 52.3. The Labute approximate surface area is 513 Å². The Morgan fingerprint density at radius 3 is 1.60 bits per heavy atom. The molecule has 0 saturated carbocycles. The number of aliphatic hydroxyl groups is 2. The number of primary amides is 1. The van der Waals surface area contributed by atoms with E-state index in [1.165, 1.54) is 13.8 Å². The summed E-state index contributed by atoms with van der Waals surface area (Å²) in [4.78, 5) is 170. The number of benzene rings is 1. The van der Waals surface area contributed by atoms with Gasteiger partial charge in [0, 0.05) is 19.4 Å². The molecule has 492 valence electrons. The molecular formula is C58H95N15O15. The number of aliphatic imine (C=N–C) groups is 1. The van der Waals surface area contributed by atoms with Crippen LogP contribution >= 0.6 is 0 Å². The van der Waals surface area contributed by atoms with E-state index in [4.69, 9.17) is 16.2 Å². The maximum Gasteiger partial charge on any atom is 0.329 e. The summed E-state index contributed by atoms with van der Waals surface area (Å²) >= 11 is 0. The van der Waals surface area contributed by atoms with E-state index in [0.29, 0.717) is 19.3 Å². The summed E-state index contributed by atoms with van der Waals surface area (Å²) in [6, 6.07) is -6.94. The zero-order chi connectivity index (χ0) is 66.1. The molecule has 2 aliphatic rings. The highest BCUT2D eigenvalue weighted by molar-refractivity contribution is 5.99. The smallest absolute Gasteiger partial charge is 0.329 e. The molecule has 0 spiro atoms. The maximum absolute atomic E-state index is 14.4. The molecule has 0 aliphatic carbocycles. The number of carbonyl (C=O) groups excluding carboxylic acids is 12. The molecule has 88 heavy (non-hydrogen) atoms. The molecule has 1 aromatic carbocycles. The highest BCUT2D eigenvalue weighted by Gasteiger charge is 2.41. The molecule has 0 radical (unpaired) electrons. The second-order valence-corrected chi connectivity index (χ2v) is 22.8. The number of rotatable bonds is 32. The van der Waals surface area contributed by atoms with E-state index in [2.05, 4.69) is 68.8 Å². The quantitative estimate of drug-likeness (QED) is 0.0304. The van der Waals surface area contributed by atoms with Crippen molar-refractivity contribution in [1.82, 2.24) is 63.8 Å². The molecule has 1 aromatic rings. The number of aliphatic hydroxyl groups excluding tert-OH is 2. The van der Waals surface area contributed by atoms with Crippen molar-refractivity contribution in [3.05, 3.63) is 35.9 Å². The van der Waals surface area contributed by atoms with E-state index in [1.807, 2.05) is 30.3 Å². The number of esters is 1. The normalized spacial score (nSPS) is 22.7. The van der Waals surface area contributed by atoms with Crippen molar-refractivity contribution < 1.29 is 72.5 Å². The van der Waals surface area contributed by atoms with Crippen LogP contribution in [0.25, 0.3) is 0 Å². The van der Waals surface area contributed by atoms with Crippen LogP contribution in [0.1, 0.15) is 120 Å². The molecular weight excluding hydrogens is 1150 g/mol. The van der Waals surface area contributed by atoms with Crippen molar-refractivity contribution in [2.24, 2.45) is 40.1 Å². The number of ether oxygens (including phenoxy) is 1. The minimum atomic E-state index is -1.82. The number of nitrogens with zero attached hydrogens (tertiary/aromatic N) is 1. The molecule has 0 bridgehead atoms. The number of carbonyl (C=O) groups is 12. The average molecular weight is 1240 g/mol. The van der Waals surface area contributed by atoms with E-state index in [9.17, 15) is 67.7 Å². The lowest BCUT2D eigenvalue weighted by Crippen LogP contribution is -2.63. The first kappa shape index (κ1) is 74.3. The van der Waals surface area contributed by atoms with Gasteiger partial charge in [0.15, 0.2) is 5.96 Å². The summed E-state index contributed by atoms with van der Waals surface area (Å²) < 4.78 is 5.73. The van der Waals surface area contributed by atoms with Crippen LogP contribution in [0.3, 0.4) is 0 Å². The standard InChI is InChI=1S/C58H95N15O15/c1-12-28(5)42(70-49(79)37(61-11)23-34-19-17-16-18-20-34)53(83)67-39(26-74)51(81)65-36(21-22-41(59)76)48(78)69-44(30(7)14-3)55(85)71-43(29(6)13-2)54(84)68-40(27-75)52(82)73-46-33(10)88-57(87)45(31(8)15-4)72-50(80)38(24-35-25-62-58(60)64-35)66-47(77)32(9)63-56(46)86/h16-20,28-33,35-40,42-46,61,74-75H,12-15,21-27H2,1-11H3,(H2,59,76)(H,63,86)(H,65,81)(H,66,77)(H,67,83)(H,68,84)(H,69,78)(H,70,79)(H,71,85)(H,72,80)(H,73,82)(H3,60,62,64)/t28-,29-,30-,31-,32-,33-,35-,36+,37+,38-,39-,40?,42-,43-,44+,45-,46+/m0/s1. The number of cyclic esters (lactones) is 1. The van der Waals surface area contributed by atoms with Gasteiger partial charge in [0.1, 0.15) is 66.5 Å². The van der Waals surface area contributed by atoms with Gasteiger partial charge in [-0.3, -0.25) is 52.7 Å². The van der Waals surface area contributed by atoms with Gasteiger partial charge in [0.2, 0.25) is 65.0 Å². The summed E-state index contributed by atoms with van der Waals surface area (Å²) in [6.45, 7) is 14.4. The molecule has 2 heterocycles. The fourth-order valence-electron chi connectivity index (χ4n) is 9.48. The second-order valence-electron chi connectivity index (χ2n) is 22.8. The van der Waals surface area contributed by atoms with Crippen LogP contribution in [0.15, 0.2) is 35.3 Å². The molecule has 1 fully saturated rings. The van der Waals surface area contributed by atoms with Gasteiger partial charge in [-0.2, -0.15) is 0 Å². The minimum Gasteiger partial charge on any atom is -0.458 e. The van der Waals surface area contributed by atoms with Crippen LogP contribution in [0.5, 0.6) is 0 Å². The summed E-state index contributed by atoms with van der Waals surface area (Å²) in [5.41, 5.74) is 12.1. The molecule has 2 aliphatic heterocycles. The van der Waals surface area contributed by atoms with Crippen LogP contribution < -0.4 is 75.3 Å². The molecule has 1 unspecified atom stereocenters. The lowest BCUT2D eigenvalue weighted by molar-refractivity contribution is -0.157. The SMILES string of the molecule is CC[C@H](C)[C@H](NC(=O)[C@@H](Cc1ccccc1)NC)C(=O)N[C@@H](CO)C(=O)N[C@H](CCC(N)=O)C(=O)N[C@@H](C(=O)N[C@H](C(=O)NC(CO)C(=O)N[C@H]1C(=O)N[C@@H](C)C(=O)N[C@@H](C[C@H]2CNC(N)=N2)C(=O)N[C@@H]([C@@H](C)CC)C(=O)O[C@H]1C)[C@@H](C)CC)[C@@H](C)CC. The topological polar surface area (TPSA) is 463 Å². The molecule has 0 aromatic heterocycles. The van der Waals surface area contributed by atoms with Gasteiger partial charge in [-0.15, -0.1) is 0 Å². The predicted molar refractivity (Wildman–Crippen MR) is 322 cm³/mol. The van der Waals surface area contributed by atoms with Gasteiger partial charge in [0.25, 0.3) is 0 Å². The molecule has 30 nitrogen and oxygen atoms in total. The summed E-state index contributed by atoms with van der Waals surface area (Å²) in [5.74, 6) is -13.1. The largest absolute Gasteiger partial charge is 0.458 e. The second kappa shape index (κ2) is 36.4. The van der Waals surface area contributed by atoms with Gasteiger partial charge in [-0.25, -0.2) is 9.79 Å². The maximum atomic E-state index is 14.4. The molecule has 17 atom stereocenters. The molecule has 3 rings (SSSR count). The number of nitrogens with one attached hydrogen (secondary N) is 12. The van der Waals surface area contributed by atoms with Crippen molar-refractivity contribution in [2.75, 3.05) is 26.8 Å². The van der Waals surface area contributed by atoms with Crippen LogP contribution in [0, 0.1) is 23.7 Å². The third kappa shape index (κ3) is 22.3. The number of likely N-dealkylation sites (N-methyl/N-ethyl adjacent to an activating group) is 1. The van der Waals surface area contributed by atoms with Crippen molar-refractivity contribution in [2.45, 2.75) is 199 Å². The minimum absolute atomic E-state index is 0.0347. The first-order valence-electron chi connectivity index (χ1n) is 30.1. The average Bonchev–Trinajstić information content (AvgIpc) is 4.12. The highest BCUT2D eigenvalue weighted by atomic mass is 16.5. The van der Waals surface area contributed by atoms with E-state index in [-0.39, 0.29) is 31.8 Å². The fraction of sp³-hybridized carbons (Fsp3) is 0.672. The van der Waals surface area contributed by atoms with Crippen molar-refractivity contribution >= 4 is 76.9 Å². The Bertz CT molecular complexity index is 2610. The van der Waals surface area contributed by atoms with Crippen LogP contribution in [0.4, 0.5) is 0 Å². The van der Waals surface area contributed by atoms with E-state index >= 15 is 0 Å². The van der Waals surface area contributed by atoms with Gasteiger partial charge < -0.3 is 90.2 Å². The number of hydrogen-bond acceptors (Lipinski definition) is 19. The Kier molecular flexibility index (Phi) is 30.7. The number of guanidine groups is 1. The third-order valence-corrected chi connectivity index (χ3v) is 16.1. The van der Waals surface area contributed by atoms with E-state index in [0.717, 1.165) is 5.56 Å². The molecule has 30 heteroatoms. The van der Waals surface area contributed by atoms with Crippen molar-refractivity contribution in [3.63, 3.8) is 0 Å². The Balaban J connectivity index is 1.85. The highest BCUT2D eigenvalue weighted by Crippen LogP contribution is 2.18. The van der Waals surface area contributed by atoms with Gasteiger partial charge in [0.05, 0.1) is 25.3 Å². The summed E-state index contributed by atoms with van der Waals surface area (Å²) in [6.07, 6.45) is -0.782. The van der Waals surface area contributed by atoms with Crippen LogP contribution in [-0.2, 0) is 68.7 Å². The number of hydrogen-bond donors (Lipinski definition) is 16. The third-order valence-electron chi connectivity index (χ3n) is 16.1. The summed E-state index contributed by atoms with van der Waals surface area (Å²) in [7, 11) is 1.60. The number of nitrogens with two attached hydrogens (primary N) is 2. The zero-order valence-electron chi connectivity index (χ0n) is 52.3. The van der Waals surface area contributed by atoms with Gasteiger partial charge in [-0.05, 0) is 63.0 Å². The van der Waals surface area contributed by atoms with Crippen molar-refractivity contribution in [3.8, 4) is 0 Å². The Morgan fingerprint density at radius 1 is 0.636 bits per heavy atom. The van der Waals surface area contributed by atoms with Crippen LogP contribution in [-0.4, -0.2) is 193 Å². The summed E-state index contributed by atoms with van der Waals surface area (Å²) in [5, 5.41) is 52.2. The first-order valence-corrected chi connectivity index (χ1v) is 30.1. The monoisotopic (exact) mass is 1240 g/mol. The molecule has 1 saturated heterocycles. The van der Waals surface area contributed by atoms with Gasteiger partial charge >= 0.3 is 5.97 Å². The van der Waals surface area contributed by atoms with Crippen LogP contribution in [0.2, 0.25) is 0 Å². The van der Waals surface area contributed by atoms with E-state index < -0.39 is 199 Å². The van der Waals surface area contributed by atoms with Gasteiger partial charge in [-0.1, -0.05) is 111 Å². The van der Waals surface area contributed by atoms with E-state index in [1.54, 1.807) is 62.4 Å². The Morgan fingerprint density at radius 2 is 1.12 bits per heavy atom. The predicted octanol–water partition coefficient (Wildman–Crippen LogP) is -4.26. The first-order chi connectivity index (χ1) is 41.6. The lowest BCUT2D eigenvalue weighted by Gasteiger charge is -2.31. The lowest BCUT2D eigenvalue weighted by atomic mass is 9.94. The van der Waals surface area contributed by atoms with Crippen molar-refractivity contribution in [1.29, 1.82) is 0 Å². The Hall–Kier alpha value is -7.99.